The minimum absolute atomic E-state index is 0.519. The zero-order valence-electron chi connectivity index (χ0n) is 17.8. The fourth-order valence-corrected chi connectivity index (χ4v) is 3.88. The van der Waals surface area contributed by atoms with Gasteiger partial charge in [0.25, 0.3) is 0 Å². The van der Waals surface area contributed by atoms with Crippen molar-refractivity contribution in [1.29, 1.82) is 0 Å². The molecule has 3 aromatic rings. The summed E-state index contributed by atoms with van der Waals surface area (Å²) in [4.78, 5) is 16.4. The molecule has 4 rings (SSSR count). The van der Waals surface area contributed by atoms with Crippen LogP contribution in [0.4, 0.5) is 16.2 Å². The first-order chi connectivity index (χ1) is 14.4. The summed E-state index contributed by atoms with van der Waals surface area (Å²) in [5, 5.41) is 7.85. The highest BCUT2D eigenvalue weighted by Gasteiger charge is 2.20. The van der Waals surface area contributed by atoms with Crippen LogP contribution in [0.5, 0.6) is 0 Å². The number of para-hydroxylation sites is 1. The minimum Gasteiger partial charge on any atom is -0.351 e. The van der Waals surface area contributed by atoms with Gasteiger partial charge in [0.15, 0.2) is 0 Å². The first kappa shape index (κ1) is 20.3. The van der Waals surface area contributed by atoms with E-state index in [1.54, 1.807) is 4.90 Å². The molecule has 2 heterocycles. The second-order valence-electron chi connectivity index (χ2n) is 7.84. The van der Waals surface area contributed by atoms with Crippen LogP contribution in [0.15, 0.2) is 42.5 Å². The van der Waals surface area contributed by atoms with Crippen molar-refractivity contribution in [3.8, 4) is 0 Å². The zero-order valence-corrected chi connectivity index (χ0v) is 17.8. The van der Waals surface area contributed by atoms with Crippen molar-refractivity contribution in [3.05, 3.63) is 53.7 Å². The number of aryl methyl sites for hydroxylation is 2. The molecule has 158 valence electrons. The molecular weight excluding hydrogens is 378 g/mol. The number of fused-ring (bicyclic) bond motifs is 1. The van der Waals surface area contributed by atoms with Gasteiger partial charge in [-0.3, -0.25) is 15.0 Å². The third kappa shape index (κ3) is 4.02. The van der Waals surface area contributed by atoms with E-state index in [9.17, 15) is 4.79 Å². The number of hydrazine groups is 1. The number of nitrogens with two attached hydrogens (primary N) is 1. The molecular formula is C22H29N7O. The summed E-state index contributed by atoms with van der Waals surface area (Å²) in [7, 11) is 4.05. The molecule has 1 fully saturated rings. The van der Waals surface area contributed by atoms with Crippen LogP contribution >= 0.6 is 0 Å². The highest BCUT2D eigenvalue weighted by atomic mass is 16.2. The first-order valence-corrected chi connectivity index (χ1v) is 10.2. The number of carbonyl (C=O) groups is 1. The largest absolute Gasteiger partial charge is 0.351 e. The Balaban J connectivity index is 1.62. The van der Waals surface area contributed by atoms with E-state index in [4.69, 9.17) is 5.73 Å². The van der Waals surface area contributed by atoms with Gasteiger partial charge in [-0.05, 0) is 43.8 Å². The second-order valence-corrected chi connectivity index (χ2v) is 7.84. The lowest BCUT2D eigenvalue weighted by Gasteiger charge is -2.33. The Labute approximate surface area is 176 Å². The Morgan fingerprint density at radius 3 is 2.60 bits per heavy atom. The highest BCUT2D eigenvalue weighted by molar-refractivity contribution is 6.01. The lowest BCUT2D eigenvalue weighted by Crippen LogP contribution is -2.50. The second kappa shape index (κ2) is 8.43. The fourth-order valence-electron chi connectivity index (χ4n) is 3.88. The number of primary amides is 1. The number of likely N-dealkylation sites (N-methyl/N-ethyl adjacent to an activating group) is 1. The number of rotatable bonds is 5. The SMILES string of the molecule is Cc1c2ccc(N(C(N)=O)c3ccccc3CNN3CCN(C)CC3)cc2nn1C. The van der Waals surface area contributed by atoms with E-state index in [0.29, 0.717) is 12.2 Å². The molecule has 8 nitrogen and oxygen atoms in total. The van der Waals surface area contributed by atoms with Crippen LogP contribution in [0.1, 0.15) is 11.3 Å². The number of benzene rings is 2. The number of hydrogen-bond donors (Lipinski definition) is 2. The topological polar surface area (TPSA) is 82.7 Å². The molecule has 0 radical (unpaired) electrons. The first-order valence-electron chi connectivity index (χ1n) is 10.2. The molecule has 0 saturated carbocycles. The number of nitrogens with zero attached hydrogens (tertiary/aromatic N) is 5. The summed E-state index contributed by atoms with van der Waals surface area (Å²) in [5.74, 6) is 0. The van der Waals surface area contributed by atoms with E-state index in [-0.39, 0.29) is 0 Å². The van der Waals surface area contributed by atoms with Crippen LogP contribution in [-0.4, -0.2) is 58.9 Å². The average molecular weight is 408 g/mol. The van der Waals surface area contributed by atoms with Crippen molar-refractivity contribution in [2.75, 3.05) is 38.1 Å². The standard InChI is InChI=1S/C22H29N7O/c1-16-19-9-8-18(14-20(19)25-27(16)3)29(22(23)30)21-7-5-4-6-17(21)15-24-28-12-10-26(2)11-13-28/h4-9,14,24H,10-13,15H2,1-3H3,(H2,23,30). The van der Waals surface area contributed by atoms with Crippen molar-refractivity contribution in [2.24, 2.45) is 12.8 Å². The van der Waals surface area contributed by atoms with E-state index in [2.05, 4.69) is 27.5 Å². The summed E-state index contributed by atoms with van der Waals surface area (Å²) in [6, 6.07) is 13.2. The van der Waals surface area contributed by atoms with Crippen molar-refractivity contribution < 1.29 is 4.79 Å². The van der Waals surface area contributed by atoms with E-state index in [0.717, 1.165) is 54.0 Å². The van der Waals surface area contributed by atoms with E-state index < -0.39 is 6.03 Å². The van der Waals surface area contributed by atoms with Gasteiger partial charge in [0.2, 0.25) is 0 Å². The zero-order chi connectivity index (χ0) is 21.3. The Bertz CT molecular complexity index is 1050. The normalized spacial score (nSPS) is 15.6. The van der Waals surface area contributed by atoms with Crippen LogP contribution in [0.3, 0.4) is 0 Å². The number of carbonyl (C=O) groups excluding carboxylic acids is 1. The van der Waals surface area contributed by atoms with Gasteiger partial charge >= 0.3 is 6.03 Å². The molecule has 30 heavy (non-hydrogen) atoms. The maximum atomic E-state index is 12.5. The van der Waals surface area contributed by atoms with Crippen LogP contribution in [0, 0.1) is 6.92 Å². The molecule has 8 heteroatoms. The number of hydrogen-bond acceptors (Lipinski definition) is 5. The lowest BCUT2D eigenvalue weighted by molar-refractivity contribution is 0.102. The Kier molecular flexibility index (Phi) is 5.72. The van der Waals surface area contributed by atoms with Gasteiger partial charge in [0.05, 0.1) is 16.9 Å². The van der Waals surface area contributed by atoms with Crippen molar-refractivity contribution in [1.82, 2.24) is 25.1 Å². The molecule has 1 aliphatic rings. The summed E-state index contributed by atoms with van der Waals surface area (Å²) < 4.78 is 1.84. The van der Waals surface area contributed by atoms with Crippen molar-refractivity contribution in [3.63, 3.8) is 0 Å². The summed E-state index contributed by atoms with van der Waals surface area (Å²) >= 11 is 0. The molecule has 3 N–H and O–H groups in total. The molecule has 1 aromatic heterocycles. The number of nitrogens with one attached hydrogen (secondary N) is 1. The van der Waals surface area contributed by atoms with Gasteiger partial charge < -0.3 is 10.6 Å². The predicted molar refractivity (Wildman–Crippen MR) is 120 cm³/mol. The van der Waals surface area contributed by atoms with E-state index >= 15 is 0 Å². The molecule has 0 unspecified atom stereocenters. The fraction of sp³-hybridized carbons (Fsp3) is 0.364. The number of anilines is 2. The quantitative estimate of drug-likeness (QED) is 0.678. The minimum atomic E-state index is -0.519. The Hall–Kier alpha value is -2.94. The van der Waals surface area contributed by atoms with Crippen LogP contribution in [-0.2, 0) is 13.6 Å². The molecule has 2 aromatic carbocycles. The molecule has 0 spiro atoms. The maximum absolute atomic E-state index is 12.5. The molecule has 0 bridgehead atoms. The number of urea groups is 1. The molecule has 1 aliphatic heterocycles. The van der Waals surface area contributed by atoms with Crippen LogP contribution in [0.2, 0.25) is 0 Å². The summed E-state index contributed by atoms with van der Waals surface area (Å²) in [5.41, 5.74) is 13.7. The Morgan fingerprint density at radius 2 is 1.87 bits per heavy atom. The van der Waals surface area contributed by atoms with Gasteiger partial charge in [-0.25, -0.2) is 9.80 Å². The number of amides is 2. The molecule has 0 aliphatic carbocycles. The van der Waals surface area contributed by atoms with Crippen molar-refractivity contribution >= 4 is 28.3 Å². The number of aromatic nitrogens is 2. The van der Waals surface area contributed by atoms with Crippen LogP contribution in [0.25, 0.3) is 10.9 Å². The summed E-state index contributed by atoms with van der Waals surface area (Å²) in [6.07, 6.45) is 0. The Morgan fingerprint density at radius 1 is 1.13 bits per heavy atom. The third-order valence-electron chi connectivity index (χ3n) is 5.82. The maximum Gasteiger partial charge on any atom is 0.323 e. The van der Waals surface area contributed by atoms with Gasteiger partial charge in [0.1, 0.15) is 0 Å². The van der Waals surface area contributed by atoms with E-state index in [1.807, 2.05) is 61.1 Å². The molecule has 0 atom stereocenters. The van der Waals surface area contributed by atoms with Crippen molar-refractivity contribution in [2.45, 2.75) is 13.5 Å². The molecule has 2 amide bonds. The summed E-state index contributed by atoms with van der Waals surface area (Å²) in [6.45, 7) is 6.65. The van der Waals surface area contributed by atoms with Gasteiger partial charge in [0, 0.05) is 50.9 Å². The van der Waals surface area contributed by atoms with Gasteiger partial charge in [-0.15, -0.1) is 0 Å². The van der Waals surface area contributed by atoms with Gasteiger partial charge in [-0.1, -0.05) is 18.2 Å². The monoisotopic (exact) mass is 407 g/mol. The highest BCUT2D eigenvalue weighted by Crippen LogP contribution is 2.31. The molecule has 1 saturated heterocycles. The van der Waals surface area contributed by atoms with Crippen LogP contribution < -0.4 is 16.1 Å². The van der Waals surface area contributed by atoms with E-state index in [1.165, 1.54) is 0 Å². The average Bonchev–Trinajstić information content (AvgIpc) is 3.01. The smallest absolute Gasteiger partial charge is 0.323 e. The third-order valence-corrected chi connectivity index (χ3v) is 5.82. The number of piperazine rings is 1. The lowest BCUT2D eigenvalue weighted by atomic mass is 10.1. The van der Waals surface area contributed by atoms with Gasteiger partial charge in [-0.2, -0.15) is 5.10 Å². The predicted octanol–water partition coefficient (Wildman–Crippen LogP) is 2.35.